The fraction of sp³-hybridized carbons (Fsp3) is 0.476. The second-order valence-electron chi connectivity index (χ2n) is 7.50. The third-order valence-corrected chi connectivity index (χ3v) is 5.65. The molecular weight excluding hydrogens is 324 g/mol. The normalized spacial score (nSPS) is 25.2. The lowest BCUT2D eigenvalue weighted by Gasteiger charge is -2.24. The molecule has 5 heteroatoms. The second-order valence-corrected chi connectivity index (χ2v) is 7.50. The molecule has 3 atom stereocenters. The molecule has 1 aromatic heterocycles. The van der Waals surface area contributed by atoms with E-state index >= 15 is 0 Å². The van der Waals surface area contributed by atoms with E-state index in [9.17, 15) is 4.79 Å². The lowest BCUT2D eigenvalue weighted by molar-refractivity contribution is -0.125. The highest BCUT2D eigenvalue weighted by Gasteiger charge is 2.46. The number of aryl methyl sites for hydroxylation is 2. The van der Waals surface area contributed by atoms with Crippen LogP contribution in [0.2, 0.25) is 0 Å². The van der Waals surface area contributed by atoms with Gasteiger partial charge in [0, 0.05) is 23.5 Å². The highest BCUT2D eigenvalue weighted by molar-refractivity contribution is 5.80. The zero-order chi connectivity index (χ0) is 18.1. The standard InChI is InChI=1S/C21H26N4O/c1-14-11-15(2)24-20(23-14)13-22-21(26)17-12-19(16-7-4-3-5-8-16)25-10-6-9-18(17)25/h3-5,7-8,11,17-19H,6,9-10,12-13H2,1-2H3,(H,22,26)/t17-,18+,19-/m0/s1. The van der Waals surface area contributed by atoms with Gasteiger partial charge in [-0.1, -0.05) is 30.3 Å². The Morgan fingerprint density at radius 3 is 2.65 bits per heavy atom. The minimum absolute atomic E-state index is 0.0496. The minimum atomic E-state index is 0.0496. The van der Waals surface area contributed by atoms with E-state index in [0.29, 0.717) is 24.5 Å². The highest BCUT2D eigenvalue weighted by atomic mass is 16.2. The quantitative estimate of drug-likeness (QED) is 0.921. The third-order valence-electron chi connectivity index (χ3n) is 5.65. The van der Waals surface area contributed by atoms with Crippen LogP contribution in [0.15, 0.2) is 36.4 Å². The zero-order valence-corrected chi connectivity index (χ0v) is 15.5. The maximum absolute atomic E-state index is 12.9. The molecular formula is C21H26N4O. The Bertz CT molecular complexity index is 772. The molecule has 0 bridgehead atoms. The van der Waals surface area contributed by atoms with Crippen molar-refractivity contribution in [1.82, 2.24) is 20.2 Å². The first kappa shape index (κ1) is 17.2. The average Bonchev–Trinajstić information content (AvgIpc) is 3.22. The Hall–Kier alpha value is -2.27. The van der Waals surface area contributed by atoms with E-state index in [4.69, 9.17) is 0 Å². The van der Waals surface area contributed by atoms with E-state index < -0.39 is 0 Å². The van der Waals surface area contributed by atoms with Crippen molar-refractivity contribution in [2.24, 2.45) is 5.92 Å². The summed E-state index contributed by atoms with van der Waals surface area (Å²) in [5.74, 6) is 0.883. The molecule has 5 nitrogen and oxygen atoms in total. The van der Waals surface area contributed by atoms with Gasteiger partial charge < -0.3 is 5.32 Å². The Morgan fingerprint density at radius 1 is 1.19 bits per heavy atom. The number of carbonyl (C=O) groups excluding carboxylic acids is 1. The number of nitrogens with one attached hydrogen (secondary N) is 1. The lowest BCUT2D eigenvalue weighted by atomic mass is 9.93. The third kappa shape index (κ3) is 3.36. The first-order valence-electron chi connectivity index (χ1n) is 9.51. The minimum Gasteiger partial charge on any atom is -0.349 e. The van der Waals surface area contributed by atoms with Gasteiger partial charge in [0.1, 0.15) is 5.82 Å². The van der Waals surface area contributed by atoms with Gasteiger partial charge in [0.05, 0.1) is 12.5 Å². The van der Waals surface area contributed by atoms with Crippen LogP contribution in [-0.4, -0.2) is 33.4 Å². The topological polar surface area (TPSA) is 58.1 Å². The Balaban J connectivity index is 1.46. The summed E-state index contributed by atoms with van der Waals surface area (Å²) in [5, 5.41) is 3.09. The number of carbonyl (C=O) groups is 1. The van der Waals surface area contributed by atoms with Gasteiger partial charge in [-0.3, -0.25) is 9.69 Å². The molecule has 1 N–H and O–H groups in total. The first-order valence-corrected chi connectivity index (χ1v) is 9.51. The fourth-order valence-corrected chi connectivity index (χ4v) is 4.63. The van der Waals surface area contributed by atoms with Crippen LogP contribution in [-0.2, 0) is 11.3 Å². The highest BCUT2D eigenvalue weighted by Crippen LogP contribution is 2.44. The maximum Gasteiger partial charge on any atom is 0.225 e. The summed E-state index contributed by atoms with van der Waals surface area (Å²) in [6, 6.07) is 13.3. The molecule has 2 saturated heterocycles. The average molecular weight is 350 g/mol. The number of fused-ring (bicyclic) bond motifs is 1. The molecule has 26 heavy (non-hydrogen) atoms. The van der Waals surface area contributed by atoms with Crippen LogP contribution >= 0.6 is 0 Å². The number of aromatic nitrogens is 2. The largest absolute Gasteiger partial charge is 0.349 e. The van der Waals surface area contributed by atoms with Gasteiger partial charge in [-0.05, 0) is 51.3 Å². The smallest absolute Gasteiger partial charge is 0.225 e. The van der Waals surface area contributed by atoms with E-state index in [0.717, 1.165) is 30.8 Å². The molecule has 0 spiro atoms. The van der Waals surface area contributed by atoms with E-state index in [1.807, 2.05) is 26.0 Å². The summed E-state index contributed by atoms with van der Waals surface area (Å²) in [6.07, 6.45) is 3.19. The Labute approximate surface area is 154 Å². The lowest BCUT2D eigenvalue weighted by Crippen LogP contribution is -2.37. The predicted octanol–water partition coefficient (Wildman–Crippen LogP) is 2.94. The zero-order valence-electron chi connectivity index (χ0n) is 15.5. The summed E-state index contributed by atoms with van der Waals surface area (Å²) in [5.41, 5.74) is 3.20. The van der Waals surface area contributed by atoms with E-state index in [2.05, 4.69) is 44.5 Å². The molecule has 2 fully saturated rings. The Morgan fingerprint density at radius 2 is 1.92 bits per heavy atom. The summed E-state index contributed by atoms with van der Waals surface area (Å²) in [4.78, 5) is 24.3. The molecule has 3 heterocycles. The molecule has 1 amide bonds. The van der Waals surface area contributed by atoms with Gasteiger partial charge in [-0.25, -0.2) is 9.97 Å². The van der Waals surface area contributed by atoms with Crippen molar-refractivity contribution in [3.05, 3.63) is 59.2 Å². The molecule has 1 aromatic carbocycles. The molecule has 2 aliphatic rings. The molecule has 2 aromatic rings. The van der Waals surface area contributed by atoms with Gasteiger partial charge >= 0.3 is 0 Å². The van der Waals surface area contributed by atoms with Gasteiger partial charge in [-0.2, -0.15) is 0 Å². The molecule has 136 valence electrons. The van der Waals surface area contributed by atoms with Gasteiger partial charge in [-0.15, -0.1) is 0 Å². The van der Waals surface area contributed by atoms with Crippen molar-refractivity contribution in [3.8, 4) is 0 Å². The van der Waals surface area contributed by atoms with E-state index in [1.54, 1.807) is 0 Å². The van der Waals surface area contributed by atoms with Gasteiger partial charge in [0.15, 0.2) is 0 Å². The van der Waals surface area contributed by atoms with Crippen LogP contribution in [0.1, 0.15) is 48.1 Å². The molecule has 2 aliphatic heterocycles. The van der Waals surface area contributed by atoms with Crippen LogP contribution in [0.3, 0.4) is 0 Å². The number of hydrogen-bond donors (Lipinski definition) is 1. The molecule has 4 rings (SSSR count). The number of nitrogens with zero attached hydrogens (tertiary/aromatic N) is 3. The second kappa shape index (κ2) is 7.16. The van der Waals surface area contributed by atoms with Gasteiger partial charge in [0.2, 0.25) is 5.91 Å². The van der Waals surface area contributed by atoms with Crippen LogP contribution in [0.5, 0.6) is 0 Å². The van der Waals surface area contributed by atoms with Gasteiger partial charge in [0.25, 0.3) is 0 Å². The molecule has 0 unspecified atom stereocenters. The summed E-state index contributed by atoms with van der Waals surface area (Å²) < 4.78 is 0. The van der Waals surface area contributed by atoms with Crippen molar-refractivity contribution < 1.29 is 4.79 Å². The number of rotatable bonds is 4. The fourth-order valence-electron chi connectivity index (χ4n) is 4.63. The number of benzene rings is 1. The summed E-state index contributed by atoms with van der Waals surface area (Å²) in [6.45, 7) is 5.41. The van der Waals surface area contributed by atoms with E-state index in [1.165, 1.54) is 12.0 Å². The first-order chi connectivity index (χ1) is 12.6. The molecule has 0 radical (unpaired) electrons. The monoisotopic (exact) mass is 350 g/mol. The summed E-state index contributed by atoms with van der Waals surface area (Å²) in [7, 11) is 0. The number of amides is 1. The van der Waals surface area contributed by atoms with Crippen molar-refractivity contribution >= 4 is 5.91 Å². The molecule has 0 aliphatic carbocycles. The maximum atomic E-state index is 12.9. The van der Waals surface area contributed by atoms with Crippen molar-refractivity contribution in [2.75, 3.05) is 6.54 Å². The van der Waals surface area contributed by atoms with Crippen molar-refractivity contribution in [3.63, 3.8) is 0 Å². The summed E-state index contributed by atoms with van der Waals surface area (Å²) >= 11 is 0. The van der Waals surface area contributed by atoms with E-state index in [-0.39, 0.29) is 11.8 Å². The van der Waals surface area contributed by atoms with Crippen molar-refractivity contribution in [1.29, 1.82) is 0 Å². The Kier molecular flexibility index (Phi) is 4.72. The van der Waals surface area contributed by atoms with Crippen LogP contribution in [0.4, 0.5) is 0 Å². The van der Waals surface area contributed by atoms with Crippen molar-refractivity contribution in [2.45, 2.75) is 51.7 Å². The SMILES string of the molecule is Cc1cc(C)nc(CNC(=O)[C@H]2C[C@@H](c3ccccc3)N3CCC[C@H]23)n1. The predicted molar refractivity (Wildman–Crippen MR) is 100 cm³/mol. The van der Waals surface area contributed by atoms with Crippen LogP contribution in [0.25, 0.3) is 0 Å². The van der Waals surface area contributed by atoms with Crippen LogP contribution in [0, 0.1) is 19.8 Å². The van der Waals surface area contributed by atoms with Crippen LogP contribution < -0.4 is 5.32 Å². The molecule has 0 saturated carbocycles. The number of hydrogen-bond acceptors (Lipinski definition) is 4.